The molecule has 0 unspecified atom stereocenters. The van der Waals surface area contributed by atoms with E-state index < -0.39 is 0 Å². The van der Waals surface area contributed by atoms with Gasteiger partial charge in [-0.2, -0.15) is 0 Å². The Kier molecular flexibility index (Phi) is 6.84. The van der Waals surface area contributed by atoms with Gasteiger partial charge in [-0.15, -0.1) is 0 Å². The number of carbonyl (C=O) groups is 2. The summed E-state index contributed by atoms with van der Waals surface area (Å²) < 4.78 is 11.8. The van der Waals surface area contributed by atoms with E-state index in [4.69, 9.17) is 9.47 Å². The molecule has 1 amide bonds. The van der Waals surface area contributed by atoms with Crippen LogP contribution in [0.15, 0.2) is 18.2 Å². The van der Waals surface area contributed by atoms with Crippen molar-refractivity contribution in [3.8, 4) is 11.5 Å². The van der Waals surface area contributed by atoms with Crippen LogP contribution in [0.3, 0.4) is 0 Å². The van der Waals surface area contributed by atoms with E-state index in [-0.39, 0.29) is 34.6 Å². The van der Waals surface area contributed by atoms with Crippen LogP contribution in [0.2, 0.25) is 0 Å². The van der Waals surface area contributed by atoms with Crippen LogP contribution >= 0.6 is 15.9 Å². The van der Waals surface area contributed by atoms with E-state index in [0.29, 0.717) is 17.2 Å². The largest absolute Gasteiger partial charge is 0.488 e. The molecular formula is C18H26BrNO4. The van der Waals surface area contributed by atoms with Gasteiger partial charge >= 0.3 is 0 Å². The topological polar surface area (TPSA) is 64.6 Å². The quantitative estimate of drug-likeness (QED) is 0.570. The molecule has 0 fully saturated rings. The Hall–Kier alpha value is -1.56. The fraction of sp³-hybridized carbons (Fsp3) is 0.556. The van der Waals surface area contributed by atoms with Crippen LogP contribution in [0.1, 0.15) is 48.0 Å². The molecule has 0 spiro atoms. The molecule has 134 valence electrons. The van der Waals surface area contributed by atoms with E-state index in [1.807, 2.05) is 41.5 Å². The average molecular weight is 400 g/mol. The molecule has 0 aliphatic carbocycles. The number of benzene rings is 1. The lowest BCUT2D eigenvalue weighted by molar-refractivity contribution is -0.123. The highest BCUT2D eigenvalue weighted by Crippen LogP contribution is 2.30. The summed E-state index contributed by atoms with van der Waals surface area (Å²) in [4.78, 5) is 23.3. The summed E-state index contributed by atoms with van der Waals surface area (Å²) in [6, 6.07) is 5.23. The normalized spacial score (nSPS) is 11.8. The van der Waals surface area contributed by atoms with Crippen molar-refractivity contribution in [1.29, 1.82) is 0 Å². The van der Waals surface area contributed by atoms with Gasteiger partial charge in [0.05, 0.1) is 11.8 Å². The molecule has 5 nitrogen and oxygen atoms in total. The minimum Gasteiger partial charge on any atom is -0.488 e. The molecule has 1 aromatic rings. The predicted octanol–water partition coefficient (Wildman–Crippen LogP) is 4.33. The number of hydrogen-bond donors (Lipinski definition) is 1. The molecule has 0 saturated heterocycles. The van der Waals surface area contributed by atoms with Gasteiger partial charge in [-0.3, -0.25) is 9.59 Å². The number of alkyl halides is 1. The fourth-order valence-electron chi connectivity index (χ4n) is 1.90. The van der Waals surface area contributed by atoms with Crippen molar-refractivity contribution >= 4 is 33.3 Å². The Morgan fingerprint density at radius 2 is 1.42 bits per heavy atom. The summed E-state index contributed by atoms with van der Waals surface area (Å²) in [6.45, 7) is 11.7. The summed E-state index contributed by atoms with van der Waals surface area (Å²) in [6.07, 6.45) is -0.176. The third-order valence-corrected chi connectivity index (χ3v) is 3.14. The number of amides is 1. The summed E-state index contributed by atoms with van der Waals surface area (Å²) >= 11 is 3.05. The molecule has 0 radical (unpaired) electrons. The molecular weight excluding hydrogens is 374 g/mol. The van der Waals surface area contributed by atoms with Gasteiger partial charge in [-0.05, 0) is 41.5 Å². The highest BCUT2D eigenvalue weighted by molar-refractivity contribution is 9.09. The SMILES string of the molecule is CC(C)(C)Oc1cc(NC(=O)CC(=O)CBr)cc(OC(C)(C)C)c1. The van der Waals surface area contributed by atoms with Crippen molar-refractivity contribution in [1.82, 2.24) is 0 Å². The first kappa shape index (κ1) is 20.5. The van der Waals surface area contributed by atoms with Gasteiger partial charge in [-0.1, -0.05) is 15.9 Å². The van der Waals surface area contributed by atoms with Crippen LogP contribution in [-0.2, 0) is 9.59 Å². The third-order valence-electron chi connectivity index (χ3n) is 2.52. The van der Waals surface area contributed by atoms with Crippen LogP contribution in [0.5, 0.6) is 11.5 Å². The molecule has 1 N–H and O–H groups in total. The van der Waals surface area contributed by atoms with Crippen molar-refractivity contribution in [2.45, 2.75) is 59.2 Å². The zero-order valence-corrected chi connectivity index (χ0v) is 16.7. The number of ether oxygens (including phenoxy) is 2. The molecule has 0 bridgehead atoms. The standard InChI is InChI=1S/C18H26BrNO4/c1-17(2,3)23-14-7-12(20-16(22)9-13(21)11-19)8-15(10-14)24-18(4,5)6/h7-8,10H,9,11H2,1-6H3,(H,20,22). The van der Waals surface area contributed by atoms with Crippen molar-refractivity contribution < 1.29 is 19.1 Å². The van der Waals surface area contributed by atoms with Crippen molar-refractivity contribution in [3.63, 3.8) is 0 Å². The minimum atomic E-state index is -0.381. The van der Waals surface area contributed by atoms with Crippen molar-refractivity contribution in [2.75, 3.05) is 10.6 Å². The minimum absolute atomic E-state index is 0.159. The van der Waals surface area contributed by atoms with E-state index in [0.717, 1.165) is 0 Å². The Balaban J connectivity index is 3.04. The molecule has 1 aromatic carbocycles. The van der Waals surface area contributed by atoms with Gasteiger partial charge < -0.3 is 14.8 Å². The highest BCUT2D eigenvalue weighted by Gasteiger charge is 2.17. The van der Waals surface area contributed by atoms with E-state index in [1.54, 1.807) is 18.2 Å². The lowest BCUT2D eigenvalue weighted by atomic mass is 10.1. The maximum absolute atomic E-state index is 11.9. The number of carbonyl (C=O) groups excluding carboxylic acids is 2. The molecule has 0 aliphatic rings. The first-order valence-corrected chi connectivity index (χ1v) is 8.91. The monoisotopic (exact) mass is 399 g/mol. The second kappa shape index (κ2) is 8.01. The van der Waals surface area contributed by atoms with Gasteiger partial charge in [0.2, 0.25) is 5.91 Å². The number of ketones is 1. The lowest BCUT2D eigenvalue weighted by Crippen LogP contribution is -2.25. The second-order valence-corrected chi connectivity index (χ2v) is 8.08. The van der Waals surface area contributed by atoms with Crippen LogP contribution < -0.4 is 14.8 Å². The lowest BCUT2D eigenvalue weighted by Gasteiger charge is -2.25. The van der Waals surface area contributed by atoms with Gasteiger partial charge in [-0.25, -0.2) is 0 Å². The number of nitrogens with one attached hydrogen (secondary N) is 1. The van der Waals surface area contributed by atoms with Crippen molar-refractivity contribution in [2.24, 2.45) is 0 Å². The van der Waals surface area contributed by atoms with E-state index in [9.17, 15) is 9.59 Å². The summed E-state index contributed by atoms with van der Waals surface area (Å²) in [5.74, 6) is 0.632. The third kappa shape index (κ3) is 8.34. The molecule has 0 saturated carbocycles. The van der Waals surface area contributed by atoms with Gasteiger partial charge in [0, 0.05) is 23.9 Å². The average Bonchev–Trinajstić information content (AvgIpc) is 2.33. The van der Waals surface area contributed by atoms with Gasteiger partial charge in [0.1, 0.15) is 22.7 Å². The number of anilines is 1. The zero-order valence-electron chi connectivity index (χ0n) is 15.2. The van der Waals surface area contributed by atoms with Crippen LogP contribution in [-0.4, -0.2) is 28.2 Å². The maximum atomic E-state index is 11.9. The number of rotatable bonds is 6. The van der Waals surface area contributed by atoms with Gasteiger partial charge in [0.25, 0.3) is 0 Å². The molecule has 6 heteroatoms. The Morgan fingerprint density at radius 1 is 0.958 bits per heavy atom. The van der Waals surface area contributed by atoms with Crippen LogP contribution in [0, 0.1) is 0 Å². The van der Waals surface area contributed by atoms with Crippen LogP contribution in [0.4, 0.5) is 5.69 Å². The molecule has 0 heterocycles. The summed E-state index contributed by atoms with van der Waals surface area (Å²) in [7, 11) is 0. The fourth-order valence-corrected chi connectivity index (χ4v) is 2.10. The Labute approximate surface area is 152 Å². The molecule has 1 rings (SSSR count). The van der Waals surface area contributed by atoms with Gasteiger partial charge in [0.15, 0.2) is 5.78 Å². The summed E-state index contributed by atoms with van der Waals surface area (Å²) in [5, 5.41) is 2.88. The molecule has 0 aromatic heterocycles. The molecule has 0 aliphatic heterocycles. The predicted molar refractivity (Wildman–Crippen MR) is 99.3 cm³/mol. The zero-order chi connectivity index (χ0) is 18.5. The summed E-state index contributed by atoms with van der Waals surface area (Å²) in [5.41, 5.74) is -0.232. The second-order valence-electron chi connectivity index (χ2n) is 7.52. The number of halogens is 1. The number of hydrogen-bond acceptors (Lipinski definition) is 4. The Bertz CT molecular complexity index is 566. The van der Waals surface area contributed by atoms with Crippen molar-refractivity contribution in [3.05, 3.63) is 18.2 Å². The Morgan fingerprint density at radius 3 is 1.79 bits per heavy atom. The van der Waals surface area contributed by atoms with Crippen LogP contribution in [0.25, 0.3) is 0 Å². The highest BCUT2D eigenvalue weighted by atomic mass is 79.9. The number of Topliss-reactive ketones (excluding diaryl/α,β-unsaturated/α-hetero) is 1. The van der Waals surface area contributed by atoms with E-state index in [2.05, 4.69) is 21.2 Å². The molecule has 0 atom stereocenters. The molecule has 24 heavy (non-hydrogen) atoms. The first-order chi connectivity index (χ1) is 10.9. The smallest absolute Gasteiger partial charge is 0.231 e. The van der Waals surface area contributed by atoms with E-state index >= 15 is 0 Å². The maximum Gasteiger partial charge on any atom is 0.231 e. The first-order valence-electron chi connectivity index (χ1n) is 7.78. The van der Waals surface area contributed by atoms with E-state index in [1.165, 1.54) is 0 Å².